The number of Topliss-reactive ketones (excluding diaryl/α,β-unsaturated/α-hetero) is 1. The molecule has 0 saturated carbocycles. The first kappa shape index (κ1) is 102. The first-order chi connectivity index (χ1) is 60.5. The van der Waals surface area contributed by atoms with E-state index in [1.165, 1.54) is 75.6 Å². The van der Waals surface area contributed by atoms with Crippen LogP contribution in [0.5, 0.6) is 0 Å². The lowest BCUT2D eigenvalue weighted by Crippen LogP contribution is -2.37. The van der Waals surface area contributed by atoms with Crippen LogP contribution >= 0.6 is 24.0 Å². The number of esters is 4. The van der Waals surface area contributed by atoms with Gasteiger partial charge in [-0.05, 0) is 333 Å². The summed E-state index contributed by atoms with van der Waals surface area (Å²) in [5.74, 6) is -0.506. The fourth-order valence-corrected chi connectivity index (χ4v) is 17.2. The van der Waals surface area contributed by atoms with Gasteiger partial charge in [-0.3, -0.25) is 9.59 Å². The average molecular weight is 1860 g/mol. The first-order valence-corrected chi connectivity index (χ1v) is 44.7. The fourth-order valence-electron chi connectivity index (χ4n) is 17.2. The highest BCUT2D eigenvalue weighted by Gasteiger charge is 2.27. The van der Waals surface area contributed by atoms with E-state index in [4.69, 9.17) is 25.1 Å². The lowest BCUT2D eigenvalue weighted by atomic mass is 9.98. The summed E-state index contributed by atoms with van der Waals surface area (Å²) < 4.78 is 28.3. The third-order valence-electron chi connectivity index (χ3n) is 24.8. The van der Waals surface area contributed by atoms with Crippen molar-refractivity contribution in [2.24, 2.45) is 17.6 Å². The Morgan fingerprint density at radius 2 is 0.661 bits per heavy atom. The zero-order valence-electron chi connectivity index (χ0n) is 77.9. The average Bonchev–Trinajstić information content (AvgIpc) is 1.68. The molecule has 0 unspecified atom stereocenters. The van der Waals surface area contributed by atoms with Crippen LogP contribution in [0.3, 0.4) is 0 Å². The molecule has 26 nitrogen and oxygen atoms in total. The summed E-state index contributed by atoms with van der Waals surface area (Å²) in [5.41, 5.74) is 22.4. The van der Waals surface area contributed by atoms with Crippen LogP contribution < -0.4 is 22.1 Å². The molecule has 6 aliphatic heterocycles. The van der Waals surface area contributed by atoms with Gasteiger partial charge >= 0.3 is 29.8 Å². The van der Waals surface area contributed by atoms with Gasteiger partial charge in [0.25, 0.3) is 5.91 Å². The number of ketones is 1. The number of hydrogen-bond acceptors (Lipinski definition) is 20. The number of hydrogen-bond donors (Lipinski definition) is 5. The summed E-state index contributed by atoms with van der Waals surface area (Å²) in [5, 5.41) is 20.1. The molecule has 127 heavy (non-hydrogen) atoms. The number of nitrogens with zero attached hydrogens (tertiary/aromatic N) is 10. The predicted octanol–water partition coefficient (Wildman–Crippen LogP) is 16.2. The predicted molar refractivity (Wildman–Crippen MR) is 522 cm³/mol. The van der Waals surface area contributed by atoms with E-state index in [9.17, 15) is 33.6 Å². The lowest BCUT2D eigenvalue weighted by molar-refractivity contribution is -0.121. The monoisotopic (exact) mass is 1860 g/mol. The molecule has 16 rings (SSSR count). The van der Waals surface area contributed by atoms with E-state index >= 15 is 0 Å². The number of amides is 1. The van der Waals surface area contributed by atoms with Gasteiger partial charge in [0.05, 0.1) is 56.3 Å². The molecular formula is C100H141IN14O12. The molecule has 0 spiro atoms. The zero-order valence-corrected chi connectivity index (χ0v) is 80.2. The van der Waals surface area contributed by atoms with Crippen molar-refractivity contribution >= 4 is 121 Å². The SMILES string of the molecule is CN.CN1CCC(=O)CC1.CN1CCC(n2ccc3ccc(C(=O)O)cc32)CC1.CNC(=O)c1ccc2ccn(C3CCN(C)CC3)c2c1.COC(=O)c1ccc(CC(C)C)c(N)c1.COC(=O)c1ccc(CC(C)C)c(NC2CCN(C)CC2)c1.COC(=O)c1ccc2ccn(C3CCN(C)CC3)c2c1.COC(=O)c1ccc2ccn(C3CCN(C)CC3)c2c1.I. The maximum absolute atomic E-state index is 11.8. The summed E-state index contributed by atoms with van der Waals surface area (Å²) in [6.07, 6.45) is 23.5. The van der Waals surface area contributed by atoms with Gasteiger partial charge in [0.1, 0.15) is 5.78 Å². The topological polar surface area (TPSA) is 292 Å². The Bertz CT molecular complexity index is 4910. The van der Waals surface area contributed by atoms with Crippen molar-refractivity contribution in [2.45, 2.75) is 148 Å². The Balaban J connectivity index is 0.000000185. The van der Waals surface area contributed by atoms with E-state index in [1.807, 2.05) is 85.9 Å². The number of nitrogens with two attached hydrogens (primary N) is 2. The fraction of sp³-hybridized carbons (Fsp3) is 0.490. The number of nitrogens with one attached hydrogen (secondary N) is 2. The standard InChI is InChI=1S/C18H28N2O2.C16H21N3O.2C16H20N2O2.C15H18N2O2.C12H17NO2.C6H11NO.CH5N.HI/c1-13(2)11-14-5-6-15(18(21)22-4)12-17(14)19-16-7-9-20(3)10-8-16;1-17-16(20)13-4-3-12-5-10-19(15(12)11-13)14-6-8-18(2)9-7-14;2*1-17-8-6-14(7-9-17)18-10-5-12-3-4-13(11-15(12)18)16(19)20-2;1-16-7-5-13(6-8-16)17-9-4-11-2-3-12(15(18)19)10-14(11)17;1-8(2)6-9-4-5-10(7-11(9)13)12(14)15-3;1-7-4-2-6(8)3-5-7;1-2;/h5-6,12-13,16,19H,7-11H2,1-4H3;3-5,10-11,14H,6-9H2,1-2H3,(H,17,20);2*3-5,10-11,14H,6-9H2,1-2H3;2-4,9-10,13H,5-8H2,1H3,(H,18,19);4-5,7-8H,6,13H2,1-3H3;2-5H2,1H3;2H2,1H3;1H. The van der Waals surface area contributed by atoms with Crippen LogP contribution in [-0.4, -0.2) is 264 Å². The molecule has 6 aliphatic rings. The van der Waals surface area contributed by atoms with Gasteiger partial charge in [0.15, 0.2) is 0 Å². The molecule has 4 aromatic heterocycles. The molecule has 1 amide bonds. The highest BCUT2D eigenvalue weighted by Crippen LogP contribution is 2.34. The first-order valence-electron chi connectivity index (χ1n) is 44.7. The van der Waals surface area contributed by atoms with Crippen molar-refractivity contribution in [3.63, 3.8) is 0 Å². The number of carboxylic acid groups (broad SMARTS) is 1. The number of carboxylic acids is 1. The van der Waals surface area contributed by atoms with Gasteiger partial charge in [-0.25, -0.2) is 24.0 Å². The maximum atomic E-state index is 11.8. The van der Waals surface area contributed by atoms with Crippen LogP contribution in [0.15, 0.2) is 158 Å². The second-order valence-electron chi connectivity index (χ2n) is 35.0. The quantitative estimate of drug-likeness (QED) is 0.0260. The van der Waals surface area contributed by atoms with Crippen LogP contribution in [0.2, 0.25) is 0 Å². The second kappa shape index (κ2) is 50.7. The van der Waals surface area contributed by atoms with Crippen LogP contribution in [0.4, 0.5) is 11.4 Å². The van der Waals surface area contributed by atoms with Crippen molar-refractivity contribution in [3.8, 4) is 0 Å². The normalized spacial score (nSPS) is 16.6. The number of halogens is 1. The number of anilines is 2. The Morgan fingerprint density at radius 1 is 0.386 bits per heavy atom. The molecule has 690 valence electrons. The van der Waals surface area contributed by atoms with Crippen molar-refractivity contribution in [1.82, 2.24) is 53.0 Å². The highest BCUT2D eigenvalue weighted by molar-refractivity contribution is 14.0. The minimum atomic E-state index is -0.863. The largest absolute Gasteiger partial charge is 0.478 e. The van der Waals surface area contributed by atoms with Crippen LogP contribution in [0.1, 0.15) is 202 Å². The van der Waals surface area contributed by atoms with E-state index in [0.717, 1.165) is 194 Å². The molecule has 10 heterocycles. The van der Waals surface area contributed by atoms with Crippen molar-refractivity contribution in [2.75, 3.05) is 174 Å². The Labute approximate surface area is 768 Å². The molecule has 0 atom stereocenters. The van der Waals surface area contributed by atoms with E-state index in [-0.39, 0.29) is 53.8 Å². The number of aromatic carboxylic acids is 1. The van der Waals surface area contributed by atoms with Gasteiger partial charge in [-0.2, -0.15) is 0 Å². The molecule has 7 N–H and O–H groups in total. The summed E-state index contributed by atoms with van der Waals surface area (Å²) >= 11 is 0. The molecule has 6 saturated heterocycles. The number of fused-ring (bicyclic) bond motifs is 4. The smallest absolute Gasteiger partial charge is 0.337 e. The Kier molecular flexibility index (Phi) is 40.9. The van der Waals surface area contributed by atoms with E-state index in [1.54, 1.807) is 31.3 Å². The van der Waals surface area contributed by atoms with Gasteiger partial charge in [0, 0.05) is 127 Å². The van der Waals surface area contributed by atoms with Crippen molar-refractivity contribution in [3.05, 3.63) is 203 Å². The molecule has 0 bridgehead atoms. The highest BCUT2D eigenvalue weighted by atomic mass is 127. The second-order valence-corrected chi connectivity index (χ2v) is 35.0. The van der Waals surface area contributed by atoms with Crippen LogP contribution in [0.25, 0.3) is 43.6 Å². The maximum Gasteiger partial charge on any atom is 0.337 e. The molecular weight excluding hydrogens is 1720 g/mol. The van der Waals surface area contributed by atoms with Crippen LogP contribution in [0, 0.1) is 11.8 Å². The third kappa shape index (κ3) is 29.5. The Morgan fingerprint density at radius 3 is 0.976 bits per heavy atom. The minimum Gasteiger partial charge on any atom is -0.478 e. The lowest BCUT2D eigenvalue weighted by Gasteiger charge is -2.31. The van der Waals surface area contributed by atoms with Gasteiger partial charge < -0.3 is 93.8 Å². The number of methoxy groups -OCH3 is 4. The minimum absolute atomic E-state index is 0. The van der Waals surface area contributed by atoms with E-state index in [0.29, 0.717) is 81.3 Å². The molecule has 0 aliphatic carbocycles. The summed E-state index contributed by atoms with van der Waals surface area (Å²) in [4.78, 5) is 93.8. The van der Waals surface area contributed by atoms with Crippen molar-refractivity contribution in [1.29, 1.82) is 0 Å². The van der Waals surface area contributed by atoms with Crippen molar-refractivity contribution < 1.29 is 57.6 Å². The molecule has 6 fully saturated rings. The molecule has 6 aromatic carbocycles. The number of likely N-dealkylation sites (tertiary alicyclic amines) is 6. The van der Waals surface area contributed by atoms with Gasteiger partial charge in [-0.1, -0.05) is 64.1 Å². The number of ether oxygens (including phenoxy) is 4. The van der Waals surface area contributed by atoms with Crippen LogP contribution in [-0.2, 0) is 36.6 Å². The number of benzene rings is 6. The van der Waals surface area contributed by atoms with E-state index < -0.39 is 5.97 Å². The number of aromatic nitrogens is 4. The number of carbonyl (C=O) groups is 7. The Hall–Kier alpha value is -9.98. The number of piperidine rings is 6. The number of carbonyl (C=O) groups excluding carboxylic acids is 6. The van der Waals surface area contributed by atoms with Gasteiger partial charge in [0.2, 0.25) is 0 Å². The summed E-state index contributed by atoms with van der Waals surface area (Å²) in [6, 6.07) is 45.0. The van der Waals surface area contributed by atoms with Gasteiger partial charge in [-0.15, -0.1) is 24.0 Å². The zero-order chi connectivity index (χ0) is 91.3. The summed E-state index contributed by atoms with van der Waals surface area (Å²) in [7, 11) is 21.7. The molecule has 0 radical (unpaired) electrons. The molecule has 10 aromatic rings. The molecule has 27 heteroatoms. The number of nitrogen functional groups attached to an aromatic ring is 1. The number of rotatable bonds is 16. The van der Waals surface area contributed by atoms with E-state index in [2.05, 4.69) is 187 Å². The third-order valence-corrected chi connectivity index (χ3v) is 24.8. The summed E-state index contributed by atoms with van der Waals surface area (Å²) in [6.45, 7) is 21.8.